The minimum Gasteiger partial charge on any atom is -0.356 e. The summed E-state index contributed by atoms with van der Waals surface area (Å²) >= 11 is 0. The molecule has 0 bridgehead atoms. The Kier molecular flexibility index (Phi) is 6.28. The molecule has 1 aromatic carbocycles. The Labute approximate surface area is 173 Å². The Morgan fingerprint density at radius 1 is 1.14 bits per heavy atom. The Bertz CT molecular complexity index is 941. The number of hydrogen-bond donors (Lipinski definition) is 1. The van der Waals surface area contributed by atoms with Crippen LogP contribution >= 0.6 is 0 Å². The van der Waals surface area contributed by atoms with Gasteiger partial charge in [-0.2, -0.15) is 0 Å². The maximum atomic E-state index is 12.9. The van der Waals surface area contributed by atoms with E-state index in [-0.39, 0.29) is 11.8 Å². The van der Waals surface area contributed by atoms with Gasteiger partial charge < -0.3 is 9.88 Å². The third-order valence-electron chi connectivity index (χ3n) is 6.38. The van der Waals surface area contributed by atoms with Crippen molar-refractivity contribution in [2.45, 2.75) is 50.9 Å². The van der Waals surface area contributed by atoms with Crippen molar-refractivity contribution in [1.82, 2.24) is 14.9 Å². The molecule has 4 nitrogen and oxygen atoms in total. The number of nitrogens with zero attached hydrogens (tertiary/aromatic N) is 2. The lowest BCUT2D eigenvalue weighted by Crippen LogP contribution is -2.29. The minimum atomic E-state index is 0.157. The number of rotatable bonds is 7. The molecular weight excluding hydrogens is 358 g/mol. The fraction of sp³-hybridized carbons (Fsp3) is 0.440. The van der Waals surface area contributed by atoms with E-state index in [1.807, 2.05) is 18.2 Å². The molecule has 0 saturated heterocycles. The number of fused-ring (bicyclic) bond motifs is 1. The molecule has 1 saturated carbocycles. The van der Waals surface area contributed by atoms with E-state index in [1.165, 1.54) is 48.6 Å². The summed E-state index contributed by atoms with van der Waals surface area (Å²) in [6.07, 6.45) is 11.8. The van der Waals surface area contributed by atoms with Crippen LogP contribution < -0.4 is 5.32 Å². The van der Waals surface area contributed by atoms with Gasteiger partial charge >= 0.3 is 0 Å². The molecule has 1 fully saturated rings. The number of hydrogen-bond acceptors (Lipinski definition) is 2. The van der Waals surface area contributed by atoms with Crippen molar-refractivity contribution < 1.29 is 4.79 Å². The van der Waals surface area contributed by atoms with Gasteiger partial charge in [0.15, 0.2) is 0 Å². The highest BCUT2D eigenvalue weighted by atomic mass is 16.1. The average molecular weight is 390 g/mol. The van der Waals surface area contributed by atoms with Gasteiger partial charge in [0.25, 0.3) is 0 Å². The quantitative estimate of drug-likeness (QED) is 0.619. The monoisotopic (exact) mass is 389 g/mol. The molecule has 0 spiro atoms. The van der Waals surface area contributed by atoms with Crippen LogP contribution in [0.1, 0.15) is 55.7 Å². The zero-order valence-corrected chi connectivity index (χ0v) is 17.3. The summed E-state index contributed by atoms with van der Waals surface area (Å²) in [5.41, 5.74) is 3.61. The van der Waals surface area contributed by atoms with E-state index in [1.54, 1.807) is 6.20 Å². The molecule has 1 atom stereocenters. The van der Waals surface area contributed by atoms with Gasteiger partial charge in [-0.15, -0.1) is 0 Å². The van der Waals surface area contributed by atoms with Crippen molar-refractivity contribution >= 4 is 16.8 Å². The summed E-state index contributed by atoms with van der Waals surface area (Å²) in [6.45, 7) is 0.642. The highest BCUT2D eigenvalue weighted by Gasteiger charge is 2.29. The second kappa shape index (κ2) is 9.25. The van der Waals surface area contributed by atoms with Crippen LogP contribution in [0.4, 0.5) is 0 Å². The van der Waals surface area contributed by atoms with E-state index >= 15 is 0 Å². The molecule has 1 aliphatic carbocycles. The van der Waals surface area contributed by atoms with E-state index in [0.717, 1.165) is 12.1 Å². The molecule has 1 amide bonds. The number of benzene rings is 1. The van der Waals surface area contributed by atoms with Crippen molar-refractivity contribution in [3.63, 3.8) is 0 Å². The summed E-state index contributed by atoms with van der Waals surface area (Å²) in [4.78, 5) is 17.2. The van der Waals surface area contributed by atoms with Gasteiger partial charge in [-0.3, -0.25) is 9.78 Å². The van der Waals surface area contributed by atoms with Crippen molar-refractivity contribution in [2.75, 3.05) is 6.54 Å². The number of carbonyl (C=O) groups excluding carboxylic acids is 1. The van der Waals surface area contributed by atoms with Crippen LogP contribution in [0.15, 0.2) is 54.9 Å². The van der Waals surface area contributed by atoms with Gasteiger partial charge in [-0.25, -0.2) is 0 Å². The first-order valence-corrected chi connectivity index (χ1v) is 10.9. The second-order valence-corrected chi connectivity index (χ2v) is 8.34. The Hall–Kier alpha value is -2.62. The normalized spacial score (nSPS) is 16.0. The molecule has 1 unspecified atom stereocenters. The SMILES string of the molecule is Cn1cc(C(CC(=O)NCCc2ccccn2)C2CCCCC2)c2ccccc21. The second-order valence-electron chi connectivity index (χ2n) is 8.34. The highest BCUT2D eigenvalue weighted by molar-refractivity contribution is 5.86. The van der Waals surface area contributed by atoms with Crippen LogP contribution in [-0.4, -0.2) is 22.0 Å². The van der Waals surface area contributed by atoms with Gasteiger partial charge in [0, 0.05) is 55.4 Å². The van der Waals surface area contributed by atoms with Crippen LogP contribution in [0.2, 0.25) is 0 Å². The zero-order chi connectivity index (χ0) is 20.1. The Morgan fingerprint density at radius 2 is 1.93 bits per heavy atom. The summed E-state index contributed by atoms with van der Waals surface area (Å²) < 4.78 is 2.21. The van der Waals surface area contributed by atoms with E-state index in [4.69, 9.17) is 0 Å². The Morgan fingerprint density at radius 3 is 2.72 bits per heavy atom. The van der Waals surface area contributed by atoms with Gasteiger partial charge in [-0.1, -0.05) is 43.5 Å². The predicted molar refractivity (Wildman–Crippen MR) is 118 cm³/mol. The molecule has 152 valence electrons. The standard InChI is InChI=1S/C25H31N3O/c1-28-18-23(21-12-5-6-13-24(21)28)22(19-9-3-2-4-10-19)17-25(29)27-16-14-20-11-7-8-15-26-20/h5-8,11-13,15,18-19,22H,2-4,9-10,14,16-17H2,1H3,(H,27,29). The molecular formula is C25H31N3O. The van der Waals surface area contributed by atoms with Gasteiger partial charge in [-0.05, 0) is 48.4 Å². The first-order chi connectivity index (χ1) is 14.2. The first kappa shape index (κ1) is 19.7. The molecule has 4 heteroatoms. The van der Waals surface area contributed by atoms with E-state index < -0.39 is 0 Å². The largest absolute Gasteiger partial charge is 0.356 e. The van der Waals surface area contributed by atoms with Crippen LogP contribution in [0.5, 0.6) is 0 Å². The van der Waals surface area contributed by atoms with E-state index in [9.17, 15) is 4.79 Å². The van der Waals surface area contributed by atoms with Gasteiger partial charge in [0.1, 0.15) is 0 Å². The third kappa shape index (κ3) is 4.69. The summed E-state index contributed by atoms with van der Waals surface area (Å²) in [5.74, 6) is 1.04. The molecule has 1 aliphatic rings. The zero-order valence-electron chi connectivity index (χ0n) is 17.3. The first-order valence-electron chi connectivity index (χ1n) is 10.9. The highest BCUT2D eigenvalue weighted by Crippen LogP contribution is 2.41. The number of aromatic nitrogens is 2. The van der Waals surface area contributed by atoms with E-state index in [2.05, 4.69) is 52.4 Å². The molecule has 29 heavy (non-hydrogen) atoms. The fourth-order valence-corrected chi connectivity index (χ4v) is 4.88. The number of carbonyl (C=O) groups is 1. The molecule has 0 radical (unpaired) electrons. The smallest absolute Gasteiger partial charge is 0.220 e. The van der Waals surface area contributed by atoms with Gasteiger partial charge in [0.05, 0.1) is 0 Å². The number of nitrogens with one attached hydrogen (secondary N) is 1. The molecule has 2 heterocycles. The minimum absolute atomic E-state index is 0.157. The Balaban J connectivity index is 1.49. The predicted octanol–water partition coefficient (Wildman–Crippen LogP) is 4.99. The van der Waals surface area contributed by atoms with Crippen molar-refractivity contribution in [1.29, 1.82) is 0 Å². The van der Waals surface area contributed by atoms with Crippen LogP contribution in [0, 0.1) is 5.92 Å². The number of para-hydroxylation sites is 1. The molecule has 1 N–H and O–H groups in total. The maximum Gasteiger partial charge on any atom is 0.220 e. The third-order valence-corrected chi connectivity index (χ3v) is 6.38. The van der Waals surface area contributed by atoms with Crippen molar-refractivity contribution in [3.05, 3.63) is 66.1 Å². The lowest BCUT2D eigenvalue weighted by Gasteiger charge is -2.30. The molecule has 4 rings (SSSR count). The van der Waals surface area contributed by atoms with Crippen LogP contribution in [-0.2, 0) is 18.3 Å². The lowest BCUT2D eigenvalue weighted by atomic mass is 9.75. The summed E-state index contributed by atoms with van der Waals surface area (Å²) in [5, 5.41) is 4.44. The van der Waals surface area contributed by atoms with Gasteiger partial charge in [0.2, 0.25) is 5.91 Å². The fourth-order valence-electron chi connectivity index (χ4n) is 4.88. The summed E-state index contributed by atoms with van der Waals surface area (Å²) in [7, 11) is 2.11. The van der Waals surface area contributed by atoms with Crippen molar-refractivity contribution in [2.24, 2.45) is 13.0 Å². The van der Waals surface area contributed by atoms with E-state index in [0.29, 0.717) is 18.9 Å². The average Bonchev–Trinajstić information content (AvgIpc) is 3.10. The molecule has 2 aromatic heterocycles. The lowest BCUT2D eigenvalue weighted by molar-refractivity contribution is -0.121. The van der Waals surface area contributed by atoms with Crippen LogP contribution in [0.3, 0.4) is 0 Å². The number of amides is 1. The number of aryl methyl sites for hydroxylation is 1. The summed E-state index contributed by atoms with van der Waals surface area (Å²) in [6, 6.07) is 14.5. The topological polar surface area (TPSA) is 46.9 Å². The number of pyridine rings is 1. The maximum absolute atomic E-state index is 12.9. The molecule has 0 aliphatic heterocycles. The van der Waals surface area contributed by atoms with Crippen LogP contribution in [0.25, 0.3) is 10.9 Å². The molecule has 3 aromatic rings. The van der Waals surface area contributed by atoms with Crippen molar-refractivity contribution in [3.8, 4) is 0 Å².